The number of hydrogen-bond acceptors (Lipinski definition) is 4. The van der Waals surface area contributed by atoms with Crippen LogP contribution in [0.25, 0.3) is 16.2 Å². The first-order valence-corrected chi connectivity index (χ1v) is 12.0. The highest BCUT2D eigenvalue weighted by atomic mass is 32.1. The highest BCUT2D eigenvalue weighted by Gasteiger charge is 2.47. The summed E-state index contributed by atoms with van der Waals surface area (Å²) in [7, 11) is 1.83. The molecule has 1 N–H and O–H groups in total. The molecule has 0 radical (unpaired) electrons. The highest BCUT2D eigenvalue weighted by molar-refractivity contribution is 7.19. The second-order valence-electron chi connectivity index (χ2n) is 8.94. The maximum atomic E-state index is 12.8. The highest BCUT2D eigenvalue weighted by Crippen LogP contribution is 2.46. The number of carbonyl (C=O) groups excluding carboxylic acids is 2. The van der Waals surface area contributed by atoms with E-state index in [4.69, 9.17) is 0 Å². The predicted molar refractivity (Wildman–Crippen MR) is 130 cm³/mol. The SMILES string of the molecule is Cc1c(CN(C)C(=O)/C=C/c2cnc3c(c2)C2(CCCCC2)C(=O)N3)sc2ccccc12. The molecule has 3 aromatic rings. The van der Waals surface area contributed by atoms with E-state index in [-0.39, 0.29) is 11.8 Å². The van der Waals surface area contributed by atoms with Crippen LogP contribution in [0.4, 0.5) is 5.82 Å². The van der Waals surface area contributed by atoms with Gasteiger partial charge in [-0.2, -0.15) is 0 Å². The van der Waals surface area contributed by atoms with Crippen LogP contribution in [0.3, 0.4) is 0 Å². The summed E-state index contributed by atoms with van der Waals surface area (Å²) in [5.41, 5.74) is 2.65. The Kier molecular flexibility index (Phi) is 5.33. The van der Waals surface area contributed by atoms with Crippen molar-refractivity contribution in [2.45, 2.75) is 51.0 Å². The largest absolute Gasteiger partial charge is 0.337 e. The Labute approximate surface area is 192 Å². The molecule has 5 nitrogen and oxygen atoms in total. The molecule has 1 aromatic carbocycles. The Morgan fingerprint density at radius 3 is 2.81 bits per heavy atom. The fraction of sp³-hybridized carbons (Fsp3) is 0.346. The predicted octanol–water partition coefficient (Wildman–Crippen LogP) is 5.43. The molecule has 6 heteroatoms. The summed E-state index contributed by atoms with van der Waals surface area (Å²) in [5, 5.41) is 4.22. The summed E-state index contributed by atoms with van der Waals surface area (Å²) >= 11 is 1.74. The number of amides is 2. The smallest absolute Gasteiger partial charge is 0.246 e. The monoisotopic (exact) mass is 445 g/mol. The van der Waals surface area contributed by atoms with Crippen LogP contribution < -0.4 is 5.32 Å². The standard InChI is InChI=1S/C26H27N3O2S/c1-17-19-8-4-5-9-21(19)32-22(17)16-29(2)23(30)11-10-18-14-20-24(27-15-18)28-25(31)26(20)12-6-3-7-13-26/h4-5,8-11,14-15H,3,6-7,12-13,16H2,1-2H3,(H,27,28,31)/b11-10+. The second kappa shape index (κ2) is 8.17. The maximum Gasteiger partial charge on any atom is 0.246 e. The summed E-state index contributed by atoms with van der Waals surface area (Å²) in [6, 6.07) is 10.4. The number of anilines is 1. The van der Waals surface area contributed by atoms with Crippen molar-refractivity contribution in [2.24, 2.45) is 0 Å². The minimum atomic E-state index is -0.441. The van der Waals surface area contributed by atoms with Gasteiger partial charge in [0.15, 0.2) is 0 Å². The van der Waals surface area contributed by atoms with Gasteiger partial charge in [-0.25, -0.2) is 4.98 Å². The Bertz CT molecular complexity index is 1240. The Hall–Kier alpha value is -2.99. The van der Waals surface area contributed by atoms with E-state index < -0.39 is 5.41 Å². The van der Waals surface area contributed by atoms with Gasteiger partial charge in [0.1, 0.15) is 5.82 Å². The molecule has 0 atom stereocenters. The molecule has 0 bridgehead atoms. The number of fused-ring (bicyclic) bond motifs is 3. The molecule has 3 heterocycles. The second-order valence-corrected chi connectivity index (χ2v) is 10.1. The first kappa shape index (κ1) is 20.9. The summed E-state index contributed by atoms with van der Waals surface area (Å²) in [6.45, 7) is 2.70. The van der Waals surface area contributed by atoms with Gasteiger partial charge in [0.2, 0.25) is 11.8 Å². The Morgan fingerprint density at radius 2 is 2.03 bits per heavy atom. The molecule has 1 spiro atoms. The summed E-state index contributed by atoms with van der Waals surface area (Å²) in [6.07, 6.45) is 10.2. The lowest BCUT2D eigenvalue weighted by molar-refractivity contribution is -0.125. The number of thiophene rings is 1. The number of pyridine rings is 1. The number of likely N-dealkylation sites (N-methyl/N-ethyl adjacent to an activating group) is 1. The number of carbonyl (C=O) groups is 2. The number of aryl methyl sites for hydroxylation is 1. The van der Waals surface area contributed by atoms with Gasteiger partial charge in [0, 0.05) is 34.5 Å². The Balaban J connectivity index is 1.32. The topological polar surface area (TPSA) is 62.3 Å². The fourth-order valence-corrected chi connectivity index (χ4v) is 6.27. The van der Waals surface area contributed by atoms with Crippen molar-refractivity contribution < 1.29 is 9.59 Å². The zero-order valence-electron chi connectivity index (χ0n) is 18.5. The molecule has 1 aliphatic heterocycles. The summed E-state index contributed by atoms with van der Waals surface area (Å²) < 4.78 is 1.25. The van der Waals surface area contributed by atoms with E-state index in [0.29, 0.717) is 12.4 Å². The van der Waals surface area contributed by atoms with Gasteiger partial charge >= 0.3 is 0 Å². The first-order chi connectivity index (χ1) is 15.5. The molecule has 32 heavy (non-hydrogen) atoms. The van der Waals surface area contributed by atoms with Gasteiger partial charge in [0.25, 0.3) is 0 Å². The number of nitrogens with zero attached hydrogens (tertiary/aromatic N) is 2. The molecule has 0 unspecified atom stereocenters. The average molecular weight is 446 g/mol. The molecule has 0 saturated heterocycles. The lowest BCUT2D eigenvalue weighted by atomic mass is 9.70. The molecule has 1 saturated carbocycles. The van der Waals surface area contributed by atoms with Crippen LogP contribution in [-0.2, 0) is 21.5 Å². The van der Waals surface area contributed by atoms with Gasteiger partial charge in [-0.1, -0.05) is 37.5 Å². The number of nitrogens with one attached hydrogen (secondary N) is 1. The van der Waals surface area contributed by atoms with Crippen LogP contribution in [0.5, 0.6) is 0 Å². The Morgan fingerprint density at radius 1 is 1.25 bits per heavy atom. The fourth-order valence-electron chi connectivity index (χ4n) is 5.00. The van der Waals surface area contributed by atoms with Gasteiger partial charge in [-0.15, -0.1) is 11.3 Å². The van der Waals surface area contributed by atoms with E-state index >= 15 is 0 Å². The molecule has 2 aromatic heterocycles. The zero-order chi connectivity index (χ0) is 22.3. The third-order valence-corrected chi connectivity index (χ3v) is 8.17. The number of aromatic nitrogens is 1. The van der Waals surface area contributed by atoms with E-state index in [0.717, 1.165) is 36.8 Å². The number of hydrogen-bond donors (Lipinski definition) is 1. The third-order valence-electron chi connectivity index (χ3n) is 6.92. The van der Waals surface area contributed by atoms with Gasteiger partial charge in [0.05, 0.1) is 12.0 Å². The minimum Gasteiger partial charge on any atom is -0.337 e. The van der Waals surface area contributed by atoms with Crippen LogP contribution in [0.15, 0.2) is 42.6 Å². The van der Waals surface area contributed by atoms with Gasteiger partial charge in [-0.05, 0) is 54.5 Å². The maximum absolute atomic E-state index is 12.8. The van der Waals surface area contributed by atoms with E-state index in [1.807, 2.05) is 25.3 Å². The molecule has 5 rings (SSSR count). The molecule has 2 amide bonds. The van der Waals surface area contributed by atoms with E-state index in [9.17, 15) is 9.59 Å². The van der Waals surface area contributed by atoms with Crippen LogP contribution >= 0.6 is 11.3 Å². The molecule has 2 aliphatic rings. The van der Waals surface area contributed by atoms with E-state index in [1.165, 1.54) is 26.9 Å². The molecule has 1 fully saturated rings. The van der Waals surface area contributed by atoms with Crippen molar-refractivity contribution in [2.75, 3.05) is 12.4 Å². The quantitative estimate of drug-likeness (QED) is 0.545. The van der Waals surface area contributed by atoms with Crippen molar-refractivity contribution >= 4 is 45.1 Å². The minimum absolute atomic E-state index is 0.0519. The molecule has 1 aliphatic carbocycles. The first-order valence-electron chi connectivity index (χ1n) is 11.2. The van der Waals surface area contributed by atoms with Crippen molar-refractivity contribution in [1.29, 1.82) is 0 Å². The van der Waals surface area contributed by atoms with Gasteiger partial charge in [-0.3, -0.25) is 9.59 Å². The summed E-state index contributed by atoms with van der Waals surface area (Å²) in [4.78, 5) is 32.9. The normalized spacial score (nSPS) is 17.1. The number of benzene rings is 1. The third kappa shape index (κ3) is 3.52. The summed E-state index contributed by atoms with van der Waals surface area (Å²) in [5.74, 6) is 0.706. The average Bonchev–Trinajstić information content (AvgIpc) is 3.26. The van der Waals surface area contributed by atoms with Crippen LogP contribution in [-0.4, -0.2) is 28.7 Å². The van der Waals surface area contributed by atoms with Crippen LogP contribution in [0.2, 0.25) is 0 Å². The zero-order valence-corrected chi connectivity index (χ0v) is 19.3. The van der Waals surface area contributed by atoms with Crippen molar-refractivity contribution in [3.05, 3.63) is 64.2 Å². The molecular formula is C26H27N3O2S. The molecular weight excluding hydrogens is 418 g/mol. The van der Waals surface area contributed by atoms with Crippen LogP contribution in [0, 0.1) is 6.92 Å². The van der Waals surface area contributed by atoms with E-state index in [1.54, 1.807) is 28.5 Å². The lowest BCUT2D eigenvalue weighted by Crippen LogP contribution is -2.36. The molecule has 164 valence electrons. The van der Waals surface area contributed by atoms with Crippen LogP contribution in [0.1, 0.15) is 53.7 Å². The van der Waals surface area contributed by atoms with Crippen molar-refractivity contribution in [3.8, 4) is 0 Å². The van der Waals surface area contributed by atoms with Gasteiger partial charge < -0.3 is 10.2 Å². The van der Waals surface area contributed by atoms with Crippen molar-refractivity contribution in [3.63, 3.8) is 0 Å². The van der Waals surface area contributed by atoms with E-state index in [2.05, 4.69) is 35.4 Å². The van der Waals surface area contributed by atoms with Crippen molar-refractivity contribution in [1.82, 2.24) is 9.88 Å². The number of rotatable bonds is 4. The lowest BCUT2D eigenvalue weighted by Gasteiger charge is -2.31.